The summed E-state index contributed by atoms with van der Waals surface area (Å²) in [5, 5.41) is 0. The van der Waals surface area contributed by atoms with E-state index in [0.29, 0.717) is 18.7 Å². The zero-order chi connectivity index (χ0) is 13.5. The molecule has 1 aromatic carbocycles. The predicted molar refractivity (Wildman–Crippen MR) is 72.0 cm³/mol. The zero-order valence-corrected chi connectivity index (χ0v) is 11.1. The largest absolute Gasteiger partial charge is 0.497 e. The maximum Gasteiger partial charge on any atom is 0.335 e. The van der Waals surface area contributed by atoms with Crippen molar-refractivity contribution >= 4 is 11.7 Å². The molecule has 1 rings (SSSR count). The van der Waals surface area contributed by atoms with Crippen LogP contribution in [0.2, 0.25) is 0 Å². The summed E-state index contributed by atoms with van der Waals surface area (Å²) in [5.74, 6) is 0.453. The Bertz CT molecular complexity index is 412. The van der Waals surface area contributed by atoms with Gasteiger partial charge in [0.1, 0.15) is 5.75 Å². The highest BCUT2D eigenvalue weighted by molar-refractivity contribution is 5.88. The number of anilines is 1. The van der Waals surface area contributed by atoms with Crippen LogP contribution in [-0.2, 0) is 9.53 Å². The molecule has 4 heteroatoms. The quantitative estimate of drug-likeness (QED) is 0.572. The average molecular weight is 249 g/mol. The van der Waals surface area contributed by atoms with Crippen molar-refractivity contribution in [2.24, 2.45) is 0 Å². The van der Waals surface area contributed by atoms with Crippen LogP contribution < -0.4 is 9.64 Å². The third kappa shape index (κ3) is 3.80. The summed E-state index contributed by atoms with van der Waals surface area (Å²) in [6, 6.07) is 7.60. The molecule has 0 aromatic heterocycles. The first-order chi connectivity index (χ1) is 8.58. The van der Waals surface area contributed by atoms with Crippen molar-refractivity contribution in [3.63, 3.8) is 0 Å². The number of likely N-dealkylation sites (N-methyl/N-ethyl adjacent to an activating group) is 1. The molecule has 0 N–H and O–H groups in total. The van der Waals surface area contributed by atoms with E-state index in [4.69, 9.17) is 9.47 Å². The van der Waals surface area contributed by atoms with Crippen LogP contribution in [0.5, 0.6) is 5.75 Å². The molecule has 4 nitrogen and oxygen atoms in total. The van der Waals surface area contributed by atoms with Gasteiger partial charge in [-0.05, 0) is 31.2 Å². The third-order valence-electron chi connectivity index (χ3n) is 2.51. The minimum Gasteiger partial charge on any atom is -0.497 e. The molecule has 0 bridgehead atoms. The topological polar surface area (TPSA) is 38.8 Å². The standard InChI is InChI=1S/C14H19NO3/c1-5-18-14(16)11(2)10-15(3)12-6-8-13(17-4)9-7-12/h6-9H,2,5,10H2,1,3-4H3. The number of methoxy groups -OCH3 is 1. The lowest BCUT2D eigenvalue weighted by atomic mass is 10.2. The first-order valence-electron chi connectivity index (χ1n) is 5.78. The summed E-state index contributed by atoms with van der Waals surface area (Å²) in [4.78, 5) is 13.4. The number of ether oxygens (including phenoxy) is 2. The highest BCUT2D eigenvalue weighted by Gasteiger charge is 2.11. The van der Waals surface area contributed by atoms with E-state index in [2.05, 4.69) is 6.58 Å². The van der Waals surface area contributed by atoms with E-state index >= 15 is 0 Å². The minimum atomic E-state index is -0.349. The average Bonchev–Trinajstić information content (AvgIpc) is 2.39. The molecule has 0 saturated carbocycles. The molecule has 0 saturated heterocycles. The second-order valence-electron chi connectivity index (χ2n) is 3.88. The van der Waals surface area contributed by atoms with Crippen molar-refractivity contribution in [2.75, 3.05) is 32.2 Å². The van der Waals surface area contributed by atoms with Gasteiger partial charge in [-0.15, -0.1) is 0 Å². The van der Waals surface area contributed by atoms with E-state index in [9.17, 15) is 4.79 Å². The lowest BCUT2D eigenvalue weighted by Gasteiger charge is -2.20. The molecule has 0 aliphatic heterocycles. The van der Waals surface area contributed by atoms with Gasteiger partial charge in [-0.25, -0.2) is 4.79 Å². The Balaban J connectivity index is 2.61. The van der Waals surface area contributed by atoms with E-state index in [1.807, 2.05) is 36.2 Å². The fraction of sp³-hybridized carbons (Fsp3) is 0.357. The molecule has 1 aromatic rings. The number of carbonyl (C=O) groups is 1. The molecule has 0 aliphatic rings. The number of esters is 1. The second kappa shape index (κ2) is 6.69. The van der Waals surface area contributed by atoms with Gasteiger partial charge in [0.25, 0.3) is 0 Å². The molecule has 98 valence electrons. The Labute approximate surface area is 108 Å². The van der Waals surface area contributed by atoms with Crippen molar-refractivity contribution in [1.29, 1.82) is 0 Å². The van der Waals surface area contributed by atoms with Gasteiger partial charge in [0.2, 0.25) is 0 Å². The highest BCUT2D eigenvalue weighted by Crippen LogP contribution is 2.18. The van der Waals surface area contributed by atoms with E-state index in [1.54, 1.807) is 14.0 Å². The summed E-state index contributed by atoms with van der Waals surface area (Å²) in [6.45, 7) is 6.31. The van der Waals surface area contributed by atoms with Gasteiger partial charge >= 0.3 is 5.97 Å². The predicted octanol–water partition coefficient (Wildman–Crippen LogP) is 2.25. The van der Waals surface area contributed by atoms with Crippen LogP contribution in [0.1, 0.15) is 6.92 Å². The molecule has 0 atom stereocenters. The summed E-state index contributed by atoms with van der Waals surface area (Å²) in [7, 11) is 3.52. The van der Waals surface area contributed by atoms with Crippen molar-refractivity contribution < 1.29 is 14.3 Å². The van der Waals surface area contributed by atoms with Gasteiger partial charge in [-0.3, -0.25) is 0 Å². The van der Waals surface area contributed by atoms with Gasteiger partial charge < -0.3 is 14.4 Å². The monoisotopic (exact) mass is 249 g/mol. The molecule has 0 radical (unpaired) electrons. The summed E-state index contributed by atoms with van der Waals surface area (Å²) in [5.41, 5.74) is 1.43. The van der Waals surface area contributed by atoms with Crippen LogP contribution in [-0.4, -0.2) is 33.3 Å². The maximum atomic E-state index is 11.4. The van der Waals surface area contributed by atoms with Gasteiger partial charge in [0, 0.05) is 24.9 Å². The minimum absolute atomic E-state index is 0.349. The van der Waals surface area contributed by atoms with Crippen LogP contribution in [0.25, 0.3) is 0 Å². The smallest absolute Gasteiger partial charge is 0.335 e. The Morgan fingerprint density at radius 2 is 1.94 bits per heavy atom. The molecule has 18 heavy (non-hydrogen) atoms. The number of rotatable bonds is 6. The second-order valence-corrected chi connectivity index (χ2v) is 3.88. The van der Waals surface area contributed by atoms with Crippen LogP contribution in [0.4, 0.5) is 5.69 Å². The summed E-state index contributed by atoms with van der Waals surface area (Å²) >= 11 is 0. The van der Waals surface area contributed by atoms with Crippen LogP contribution >= 0.6 is 0 Å². The summed E-state index contributed by atoms with van der Waals surface area (Å²) < 4.78 is 9.98. The SMILES string of the molecule is C=C(CN(C)c1ccc(OC)cc1)C(=O)OCC. The molecule has 0 aliphatic carbocycles. The van der Waals surface area contributed by atoms with E-state index in [1.165, 1.54) is 0 Å². The van der Waals surface area contributed by atoms with Crippen molar-refractivity contribution in [3.8, 4) is 5.75 Å². The van der Waals surface area contributed by atoms with Gasteiger partial charge in [-0.2, -0.15) is 0 Å². The molecule has 0 amide bonds. The zero-order valence-electron chi connectivity index (χ0n) is 11.1. The molecule has 0 spiro atoms. The fourth-order valence-corrected chi connectivity index (χ4v) is 1.51. The van der Waals surface area contributed by atoms with Gasteiger partial charge in [-0.1, -0.05) is 6.58 Å². The number of carbonyl (C=O) groups excluding carboxylic acids is 1. The normalized spacial score (nSPS) is 9.72. The third-order valence-corrected chi connectivity index (χ3v) is 2.51. The number of hydrogen-bond donors (Lipinski definition) is 0. The lowest BCUT2D eigenvalue weighted by Crippen LogP contribution is -2.24. The van der Waals surface area contributed by atoms with Crippen LogP contribution in [0, 0.1) is 0 Å². The molecular weight excluding hydrogens is 230 g/mol. The summed E-state index contributed by atoms with van der Waals surface area (Å²) in [6.07, 6.45) is 0. The maximum absolute atomic E-state index is 11.4. The van der Waals surface area contributed by atoms with E-state index in [-0.39, 0.29) is 5.97 Å². The fourth-order valence-electron chi connectivity index (χ4n) is 1.51. The molecule has 0 unspecified atom stereocenters. The van der Waals surface area contributed by atoms with E-state index < -0.39 is 0 Å². The van der Waals surface area contributed by atoms with Crippen LogP contribution in [0.3, 0.4) is 0 Å². The Hall–Kier alpha value is -1.97. The molecule has 0 heterocycles. The number of hydrogen-bond acceptors (Lipinski definition) is 4. The first kappa shape index (κ1) is 14.1. The van der Waals surface area contributed by atoms with E-state index in [0.717, 1.165) is 11.4 Å². The Kier molecular flexibility index (Phi) is 5.24. The number of benzene rings is 1. The number of nitrogens with zero attached hydrogens (tertiary/aromatic N) is 1. The Morgan fingerprint density at radius 3 is 2.44 bits per heavy atom. The Morgan fingerprint density at radius 1 is 1.33 bits per heavy atom. The van der Waals surface area contributed by atoms with Gasteiger partial charge in [0.15, 0.2) is 0 Å². The van der Waals surface area contributed by atoms with Gasteiger partial charge in [0.05, 0.1) is 13.7 Å². The molecular formula is C14H19NO3. The van der Waals surface area contributed by atoms with Crippen LogP contribution in [0.15, 0.2) is 36.4 Å². The lowest BCUT2D eigenvalue weighted by molar-refractivity contribution is -0.138. The van der Waals surface area contributed by atoms with Crippen molar-refractivity contribution in [1.82, 2.24) is 0 Å². The van der Waals surface area contributed by atoms with Crippen molar-refractivity contribution in [3.05, 3.63) is 36.4 Å². The highest BCUT2D eigenvalue weighted by atomic mass is 16.5. The molecule has 0 fully saturated rings. The van der Waals surface area contributed by atoms with Crippen molar-refractivity contribution in [2.45, 2.75) is 6.92 Å². The first-order valence-corrected chi connectivity index (χ1v) is 5.78.